The Kier molecular flexibility index (Phi) is 7.70. The van der Waals surface area contributed by atoms with Gasteiger partial charge in [-0.05, 0) is 74.2 Å². The predicted molar refractivity (Wildman–Crippen MR) is 166 cm³/mol. The number of benzene rings is 3. The fraction of sp³-hybridized carbons (Fsp3) is 0.324. The zero-order valence-corrected chi connectivity index (χ0v) is 24.3. The van der Waals surface area contributed by atoms with Crippen molar-refractivity contribution in [3.05, 3.63) is 89.9 Å². The van der Waals surface area contributed by atoms with Crippen molar-refractivity contribution >= 4 is 22.4 Å². The van der Waals surface area contributed by atoms with E-state index in [1.165, 1.54) is 5.56 Å². The van der Waals surface area contributed by atoms with Crippen molar-refractivity contribution in [2.75, 3.05) is 32.1 Å². The van der Waals surface area contributed by atoms with Crippen molar-refractivity contribution in [3.63, 3.8) is 0 Å². The molecule has 6 rings (SSSR count). The highest BCUT2D eigenvalue weighted by atomic mass is 16.5. The van der Waals surface area contributed by atoms with Gasteiger partial charge in [-0.2, -0.15) is 0 Å². The van der Waals surface area contributed by atoms with Crippen LogP contribution < -0.4 is 15.4 Å². The molecule has 1 aliphatic carbocycles. The Morgan fingerprint density at radius 2 is 1.76 bits per heavy atom. The van der Waals surface area contributed by atoms with E-state index < -0.39 is 0 Å². The van der Waals surface area contributed by atoms with E-state index in [4.69, 9.17) is 14.7 Å². The minimum absolute atomic E-state index is 0.258. The highest BCUT2D eigenvalue weighted by molar-refractivity contribution is 5.84. The Hall–Kier alpha value is -4.23. The Labute approximate surface area is 241 Å². The van der Waals surface area contributed by atoms with Crippen LogP contribution in [-0.4, -0.2) is 52.2 Å². The van der Waals surface area contributed by atoms with Crippen LogP contribution in [0.1, 0.15) is 32.3 Å². The van der Waals surface area contributed by atoms with Gasteiger partial charge < -0.3 is 19.5 Å². The van der Waals surface area contributed by atoms with Crippen LogP contribution >= 0.6 is 0 Å². The molecule has 0 atom stereocenters. The van der Waals surface area contributed by atoms with Gasteiger partial charge in [0, 0.05) is 31.5 Å². The van der Waals surface area contributed by atoms with Gasteiger partial charge in [0.05, 0.1) is 46.6 Å². The Balaban J connectivity index is 1.53. The number of piperidine rings is 1. The summed E-state index contributed by atoms with van der Waals surface area (Å²) in [5.41, 5.74) is 7.93. The molecule has 0 unspecified atom stereocenters. The van der Waals surface area contributed by atoms with Crippen LogP contribution in [0.15, 0.2) is 84.0 Å². The fourth-order valence-electron chi connectivity index (χ4n) is 5.76. The standard InChI is InChI=1S/C34H38N6O/c1-23(2)22-39-18-15-25(16-19-39)36-30-21-33-31(20-29(30)38-28-9-7-17-35-34(28)41-4)37-27-8-5-6-10-32(27)40(33)26-13-11-24(3)12-14-26/h5-14,17,20-21,23,25,38H,15-16,18-19,22H2,1-4H3/b36-30+. The summed E-state index contributed by atoms with van der Waals surface area (Å²) in [6.07, 6.45) is 3.83. The van der Waals surface area contributed by atoms with Gasteiger partial charge in [0.1, 0.15) is 5.69 Å². The highest BCUT2D eigenvalue weighted by Gasteiger charge is 2.21. The number of nitrogens with one attached hydrogen (secondary N) is 1. The lowest BCUT2D eigenvalue weighted by Gasteiger charge is -2.31. The molecule has 3 heterocycles. The second-order valence-corrected chi connectivity index (χ2v) is 11.4. The second-order valence-electron chi connectivity index (χ2n) is 11.4. The average Bonchev–Trinajstić information content (AvgIpc) is 2.98. The number of likely N-dealkylation sites (tertiary alicyclic amines) is 1. The molecule has 3 aromatic rings. The topological polar surface area (TPSA) is 67.6 Å². The number of ether oxygens (including phenoxy) is 1. The fourth-order valence-corrected chi connectivity index (χ4v) is 5.76. The molecule has 1 fully saturated rings. The van der Waals surface area contributed by atoms with Gasteiger partial charge in [-0.1, -0.05) is 43.7 Å². The SMILES string of the molecule is COc1ncccc1Nc1cc2nc3ccccc3n(-c3ccc(C)cc3)c-2c/c1=N\C1CCN(CC(C)C)CC1. The smallest absolute Gasteiger partial charge is 0.237 e. The zero-order chi connectivity index (χ0) is 28.3. The van der Waals surface area contributed by atoms with Crippen LogP contribution in [0.2, 0.25) is 0 Å². The molecule has 0 bridgehead atoms. The molecule has 0 amide bonds. The molecule has 7 heteroatoms. The molecule has 3 aliphatic rings. The lowest BCUT2D eigenvalue weighted by atomic mass is 10.0. The maximum atomic E-state index is 5.55. The van der Waals surface area contributed by atoms with Crippen LogP contribution in [0.3, 0.4) is 0 Å². The molecular formula is C34H38N6O. The Morgan fingerprint density at radius 1 is 0.976 bits per heavy atom. The first kappa shape index (κ1) is 27.0. The minimum Gasteiger partial charge on any atom is -0.480 e. The van der Waals surface area contributed by atoms with Gasteiger partial charge in [0.2, 0.25) is 5.88 Å². The Morgan fingerprint density at radius 3 is 2.51 bits per heavy atom. The largest absolute Gasteiger partial charge is 0.480 e. The third-order valence-electron chi connectivity index (χ3n) is 7.73. The van der Waals surface area contributed by atoms with E-state index >= 15 is 0 Å². The van der Waals surface area contributed by atoms with Crippen LogP contribution in [0.5, 0.6) is 5.88 Å². The van der Waals surface area contributed by atoms with E-state index in [-0.39, 0.29) is 6.04 Å². The number of rotatable bonds is 7. The maximum absolute atomic E-state index is 5.55. The van der Waals surface area contributed by atoms with Crippen molar-refractivity contribution in [2.45, 2.75) is 39.7 Å². The van der Waals surface area contributed by atoms with Crippen LogP contribution in [0, 0.1) is 12.8 Å². The number of nitrogens with zero attached hydrogens (tertiary/aromatic N) is 5. The first-order valence-corrected chi connectivity index (χ1v) is 14.5. The quantitative estimate of drug-likeness (QED) is 0.233. The number of methoxy groups -OCH3 is 1. The number of aromatic nitrogens is 3. The lowest BCUT2D eigenvalue weighted by molar-refractivity contribution is 0.192. The Bertz CT molecular complexity index is 1680. The molecule has 1 aromatic heterocycles. The molecular weight excluding hydrogens is 508 g/mol. The minimum atomic E-state index is 0.258. The molecule has 2 aliphatic heterocycles. The van der Waals surface area contributed by atoms with E-state index in [1.54, 1.807) is 13.3 Å². The first-order chi connectivity index (χ1) is 20.0. The van der Waals surface area contributed by atoms with Gasteiger partial charge in [-0.25, -0.2) is 9.97 Å². The van der Waals surface area contributed by atoms with Gasteiger partial charge >= 0.3 is 0 Å². The predicted octanol–water partition coefficient (Wildman–Crippen LogP) is 6.61. The monoisotopic (exact) mass is 546 g/mol. The summed E-state index contributed by atoms with van der Waals surface area (Å²) >= 11 is 0. The van der Waals surface area contributed by atoms with E-state index in [0.29, 0.717) is 11.8 Å². The van der Waals surface area contributed by atoms with E-state index in [9.17, 15) is 0 Å². The molecule has 1 saturated heterocycles. The summed E-state index contributed by atoms with van der Waals surface area (Å²) < 4.78 is 7.85. The number of hydrogen-bond donors (Lipinski definition) is 1. The third-order valence-corrected chi connectivity index (χ3v) is 7.73. The number of aryl methyl sites for hydroxylation is 1. The molecule has 0 saturated carbocycles. The molecule has 1 N–H and O–H groups in total. The number of hydrogen-bond acceptors (Lipinski definition) is 6. The summed E-state index contributed by atoms with van der Waals surface area (Å²) in [6, 6.07) is 25.4. The zero-order valence-electron chi connectivity index (χ0n) is 24.3. The summed E-state index contributed by atoms with van der Waals surface area (Å²) in [4.78, 5) is 17.4. The normalized spacial score (nSPS) is 15.2. The molecule has 0 radical (unpaired) electrons. The summed E-state index contributed by atoms with van der Waals surface area (Å²) in [6.45, 7) is 9.99. The number of para-hydroxylation sites is 2. The van der Waals surface area contributed by atoms with Gasteiger partial charge in [-0.3, -0.25) is 4.99 Å². The third kappa shape index (κ3) is 5.81. The molecule has 2 aromatic carbocycles. The van der Waals surface area contributed by atoms with Gasteiger partial charge in [0.25, 0.3) is 0 Å². The molecule has 0 spiro atoms. The van der Waals surface area contributed by atoms with Crippen molar-refractivity contribution in [1.29, 1.82) is 0 Å². The number of anilines is 2. The van der Waals surface area contributed by atoms with Crippen molar-refractivity contribution in [2.24, 2.45) is 10.9 Å². The number of fused-ring (bicyclic) bond motifs is 2. The maximum Gasteiger partial charge on any atom is 0.237 e. The second kappa shape index (κ2) is 11.7. The van der Waals surface area contributed by atoms with E-state index in [2.05, 4.69) is 95.1 Å². The summed E-state index contributed by atoms with van der Waals surface area (Å²) in [5, 5.41) is 4.50. The van der Waals surface area contributed by atoms with Crippen LogP contribution in [0.4, 0.5) is 11.4 Å². The van der Waals surface area contributed by atoms with Gasteiger partial charge in [-0.15, -0.1) is 0 Å². The van der Waals surface area contributed by atoms with E-state index in [0.717, 1.165) is 77.3 Å². The lowest BCUT2D eigenvalue weighted by Crippen LogP contribution is -2.38. The summed E-state index contributed by atoms with van der Waals surface area (Å²) in [5.74, 6) is 1.22. The highest BCUT2D eigenvalue weighted by Crippen LogP contribution is 2.32. The molecule has 41 heavy (non-hydrogen) atoms. The van der Waals surface area contributed by atoms with Gasteiger partial charge in [0.15, 0.2) is 0 Å². The van der Waals surface area contributed by atoms with Crippen molar-refractivity contribution < 1.29 is 4.74 Å². The van der Waals surface area contributed by atoms with Crippen molar-refractivity contribution in [1.82, 2.24) is 19.4 Å². The average molecular weight is 547 g/mol. The first-order valence-electron chi connectivity index (χ1n) is 14.5. The van der Waals surface area contributed by atoms with Crippen LogP contribution in [0.25, 0.3) is 28.1 Å². The molecule has 7 nitrogen and oxygen atoms in total. The van der Waals surface area contributed by atoms with E-state index in [1.807, 2.05) is 18.2 Å². The number of pyridine rings is 1. The van der Waals surface area contributed by atoms with Crippen molar-refractivity contribution in [3.8, 4) is 23.0 Å². The molecule has 210 valence electrons. The van der Waals surface area contributed by atoms with Crippen LogP contribution in [-0.2, 0) is 0 Å². The summed E-state index contributed by atoms with van der Waals surface area (Å²) in [7, 11) is 1.64.